The maximum Gasteiger partial charge on any atom is 0.270 e. The first-order valence-corrected chi connectivity index (χ1v) is 8.94. The minimum absolute atomic E-state index is 0.0655. The molecular weight excluding hydrogens is 396 g/mol. The van der Waals surface area contributed by atoms with Gasteiger partial charge in [-0.25, -0.2) is 15.0 Å². The third kappa shape index (κ3) is 3.37. The smallest absolute Gasteiger partial charge is 0.270 e. The van der Waals surface area contributed by atoms with Crippen molar-refractivity contribution in [3.63, 3.8) is 0 Å². The first-order chi connectivity index (χ1) is 14.4. The second kappa shape index (κ2) is 7.76. The number of rotatable bonds is 5. The first-order valence-electron chi connectivity index (χ1n) is 8.94. The van der Waals surface area contributed by atoms with Crippen LogP contribution in [0.2, 0.25) is 0 Å². The molecule has 0 radical (unpaired) electrons. The highest BCUT2D eigenvalue weighted by atomic mass is 16.6. The lowest BCUT2D eigenvalue weighted by Gasteiger charge is -2.18. The van der Waals surface area contributed by atoms with Crippen LogP contribution in [0.25, 0.3) is 23.3 Å². The molecule has 0 bridgehead atoms. The third-order valence-corrected chi connectivity index (χ3v) is 4.81. The fourth-order valence-corrected chi connectivity index (χ4v) is 3.32. The van der Waals surface area contributed by atoms with Gasteiger partial charge in [0, 0.05) is 12.1 Å². The van der Waals surface area contributed by atoms with E-state index in [9.17, 15) is 25.4 Å². The summed E-state index contributed by atoms with van der Waals surface area (Å²) in [4.78, 5) is 22.9. The van der Waals surface area contributed by atoms with Crippen LogP contribution in [-0.4, -0.2) is 64.7 Å². The standard InChI is InChI=1S/C18H18N6O6/c19-16-13-17(21-8-20-16)23(18-15(27)14(26)11(7-25)30-18)12(22-13)5-4-9-2-1-3-10(6-9)24(28)29/h1-6,8,11,14-15,18,25-27H,7H2,(H2,19,20,21)/b5-4+/t11-,14-,15-,18-/m1/s1. The third-order valence-electron chi connectivity index (χ3n) is 4.81. The molecule has 2 aromatic heterocycles. The number of ether oxygens (including phenoxy) is 1. The molecule has 0 spiro atoms. The van der Waals surface area contributed by atoms with Crippen molar-refractivity contribution in [2.24, 2.45) is 0 Å². The lowest BCUT2D eigenvalue weighted by Crippen LogP contribution is -2.33. The lowest BCUT2D eigenvalue weighted by molar-refractivity contribution is -0.384. The Bertz CT molecular complexity index is 1130. The zero-order chi connectivity index (χ0) is 21.4. The molecule has 5 N–H and O–H groups in total. The summed E-state index contributed by atoms with van der Waals surface area (Å²) >= 11 is 0. The number of nitro groups is 1. The van der Waals surface area contributed by atoms with Gasteiger partial charge in [-0.3, -0.25) is 14.7 Å². The van der Waals surface area contributed by atoms with E-state index in [4.69, 9.17) is 10.5 Å². The number of aliphatic hydroxyl groups excluding tert-OH is 3. The summed E-state index contributed by atoms with van der Waals surface area (Å²) in [6.07, 6.45) is -0.391. The van der Waals surface area contributed by atoms with Crippen molar-refractivity contribution in [3.05, 3.63) is 52.1 Å². The Labute approximate surface area is 169 Å². The van der Waals surface area contributed by atoms with Gasteiger partial charge in [0.2, 0.25) is 0 Å². The molecule has 1 aromatic carbocycles. The summed E-state index contributed by atoms with van der Waals surface area (Å²) in [5.74, 6) is 0.369. The second-order valence-corrected chi connectivity index (χ2v) is 6.69. The molecule has 0 aliphatic carbocycles. The predicted octanol–water partition coefficient (Wildman–Crippen LogP) is 0.0986. The Morgan fingerprint density at radius 2 is 2.07 bits per heavy atom. The molecule has 4 rings (SSSR count). The zero-order valence-corrected chi connectivity index (χ0v) is 15.4. The molecule has 3 heterocycles. The topological polar surface area (TPSA) is 183 Å². The van der Waals surface area contributed by atoms with Crippen LogP contribution in [0.1, 0.15) is 17.6 Å². The van der Waals surface area contributed by atoms with Gasteiger partial charge in [0.1, 0.15) is 30.5 Å². The monoisotopic (exact) mass is 414 g/mol. The highest BCUT2D eigenvalue weighted by molar-refractivity contribution is 5.84. The molecule has 156 valence electrons. The Balaban J connectivity index is 1.80. The minimum Gasteiger partial charge on any atom is -0.394 e. The van der Waals surface area contributed by atoms with Gasteiger partial charge in [-0.05, 0) is 11.6 Å². The number of nitro benzene ring substituents is 1. The van der Waals surface area contributed by atoms with Gasteiger partial charge in [-0.2, -0.15) is 0 Å². The van der Waals surface area contributed by atoms with Crippen LogP contribution < -0.4 is 5.73 Å². The number of hydrogen-bond acceptors (Lipinski definition) is 10. The van der Waals surface area contributed by atoms with Gasteiger partial charge in [0.05, 0.1) is 11.5 Å². The highest BCUT2D eigenvalue weighted by Gasteiger charge is 2.44. The van der Waals surface area contributed by atoms with Crippen molar-refractivity contribution in [1.29, 1.82) is 0 Å². The number of hydrogen-bond donors (Lipinski definition) is 4. The molecule has 12 nitrogen and oxygen atoms in total. The number of aromatic nitrogens is 4. The summed E-state index contributed by atoms with van der Waals surface area (Å²) in [5, 5.41) is 41.0. The van der Waals surface area contributed by atoms with Crippen LogP contribution in [0.3, 0.4) is 0 Å². The molecule has 0 saturated carbocycles. The SMILES string of the molecule is Nc1ncnc2c1nc(/C=C/c1cccc([N+](=O)[O-])c1)n2[C@@H]1O[C@H](CO)[C@@H](O)[C@H]1O. The summed E-state index contributed by atoms with van der Waals surface area (Å²) < 4.78 is 7.05. The summed E-state index contributed by atoms with van der Waals surface area (Å²) in [6.45, 7) is -0.489. The normalized spacial score (nSPS) is 24.1. The van der Waals surface area contributed by atoms with Crippen LogP contribution >= 0.6 is 0 Å². The molecule has 12 heteroatoms. The first kappa shape index (κ1) is 19.8. The van der Waals surface area contributed by atoms with Gasteiger partial charge in [-0.15, -0.1) is 0 Å². The molecule has 3 aromatic rings. The number of benzene rings is 1. The molecule has 0 amide bonds. The van der Waals surface area contributed by atoms with E-state index in [0.717, 1.165) is 0 Å². The largest absolute Gasteiger partial charge is 0.394 e. The Morgan fingerprint density at radius 3 is 2.77 bits per heavy atom. The zero-order valence-electron chi connectivity index (χ0n) is 15.4. The lowest BCUT2D eigenvalue weighted by atomic mass is 10.1. The molecule has 1 aliphatic heterocycles. The van der Waals surface area contributed by atoms with E-state index in [-0.39, 0.29) is 28.5 Å². The molecule has 1 aliphatic rings. The van der Waals surface area contributed by atoms with E-state index >= 15 is 0 Å². The summed E-state index contributed by atoms with van der Waals surface area (Å²) in [5.41, 5.74) is 6.89. The molecule has 4 atom stereocenters. The number of fused-ring (bicyclic) bond motifs is 1. The predicted molar refractivity (Wildman–Crippen MR) is 105 cm³/mol. The van der Waals surface area contributed by atoms with Crippen LogP contribution in [0.4, 0.5) is 11.5 Å². The van der Waals surface area contributed by atoms with E-state index in [2.05, 4.69) is 15.0 Å². The van der Waals surface area contributed by atoms with Gasteiger partial charge < -0.3 is 25.8 Å². The molecule has 1 saturated heterocycles. The van der Waals surface area contributed by atoms with Crippen molar-refractivity contribution in [2.45, 2.75) is 24.5 Å². The minimum atomic E-state index is -1.36. The van der Waals surface area contributed by atoms with Crippen molar-refractivity contribution in [3.8, 4) is 0 Å². The Morgan fingerprint density at radius 1 is 1.27 bits per heavy atom. The second-order valence-electron chi connectivity index (χ2n) is 6.69. The van der Waals surface area contributed by atoms with Crippen molar-refractivity contribution in [1.82, 2.24) is 19.5 Å². The number of nitrogens with zero attached hydrogens (tertiary/aromatic N) is 5. The van der Waals surface area contributed by atoms with E-state index in [0.29, 0.717) is 5.56 Å². The molecule has 30 heavy (non-hydrogen) atoms. The van der Waals surface area contributed by atoms with Crippen LogP contribution in [0.15, 0.2) is 30.6 Å². The van der Waals surface area contributed by atoms with E-state index < -0.39 is 36.1 Å². The number of nitrogen functional groups attached to an aromatic ring is 1. The quantitative estimate of drug-likeness (QED) is 0.330. The average molecular weight is 414 g/mol. The van der Waals surface area contributed by atoms with Gasteiger partial charge >= 0.3 is 0 Å². The highest BCUT2D eigenvalue weighted by Crippen LogP contribution is 2.34. The number of aliphatic hydroxyl groups is 3. The fourth-order valence-electron chi connectivity index (χ4n) is 3.32. The fraction of sp³-hybridized carbons (Fsp3) is 0.278. The summed E-state index contributed by atoms with van der Waals surface area (Å²) in [7, 11) is 0. The van der Waals surface area contributed by atoms with E-state index in [1.165, 1.54) is 23.0 Å². The number of nitrogens with two attached hydrogens (primary N) is 1. The van der Waals surface area contributed by atoms with Crippen LogP contribution in [-0.2, 0) is 4.74 Å². The van der Waals surface area contributed by atoms with E-state index in [1.807, 2.05) is 0 Å². The van der Waals surface area contributed by atoms with Gasteiger partial charge in [-0.1, -0.05) is 18.2 Å². The number of imidazole rings is 1. The van der Waals surface area contributed by atoms with Crippen LogP contribution in [0, 0.1) is 10.1 Å². The molecule has 0 unspecified atom stereocenters. The van der Waals surface area contributed by atoms with Crippen LogP contribution in [0.5, 0.6) is 0 Å². The van der Waals surface area contributed by atoms with E-state index in [1.54, 1.807) is 24.3 Å². The van der Waals surface area contributed by atoms with Gasteiger partial charge in [0.15, 0.2) is 23.2 Å². The summed E-state index contributed by atoms with van der Waals surface area (Å²) in [6, 6.07) is 6.00. The average Bonchev–Trinajstić information content (AvgIpc) is 3.25. The van der Waals surface area contributed by atoms with Crippen molar-refractivity contribution in [2.75, 3.05) is 12.3 Å². The van der Waals surface area contributed by atoms with Crippen molar-refractivity contribution < 1.29 is 25.0 Å². The molecular formula is C18H18N6O6. The Hall–Kier alpha value is -3.45. The van der Waals surface area contributed by atoms with Crippen molar-refractivity contribution >= 4 is 34.8 Å². The number of non-ortho nitro benzene ring substituents is 1. The maximum atomic E-state index is 11.0. The molecule has 1 fully saturated rings. The Kier molecular flexibility index (Phi) is 5.13. The maximum absolute atomic E-state index is 11.0. The van der Waals surface area contributed by atoms with Gasteiger partial charge in [0.25, 0.3) is 5.69 Å². The number of anilines is 1.